The molecule has 24 nitrogen and oxygen atoms in total. The first-order valence-electron chi connectivity index (χ1n) is 21.7. The number of amides is 7. The fourth-order valence-corrected chi connectivity index (χ4v) is 6.35. The van der Waals surface area contributed by atoms with Crippen LogP contribution in [0.25, 0.3) is 0 Å². The Balaban J connectivity index is 3.49. The van der Waals surface area contributed by atoms with Gasteiger partial charge in [0.15, 0.2) is 0 Å². The Morgan fingerprint density at radius 2 is 0.866 bits per heavy atom. The molecule has 0 spiro atoms. The van der Waals surface area contributed by atoms with Gasteiger partial charge in [0.1, 0.15) is 54.1 Å². The monoisotopic (exact) mass is 952 g/mol. The van der Waals surface area contributed by atoms with Crippen molar-refractivity contribution in [2.75, 3.05) is 0 Å². The number of rotatable bonds is 29. The Hall–Kier alpha value is -6.40. The van der Waals surface area contributed by atoms with Crippen LogP contribution >= 0.6 is 0 Å². The highest BCUT2D eigenvalue weighted by Crippen LogP contribution is 2.14. The lowest BCUT2D eigenvalue weighted by atomic mass is 9.99. The molecule has 0 aliphatic rings. The van der Waals surface area contributed by atoms with Crippen LogP contribution in [-0.2, 0) is 54.4 Å². The lowest BCUT2D eigenvalue weighted by Gasteiger charge is -2.30. The van der Waals surface area contributed by atoms with Crippen molar-refractivity contribution in [3.63, 3.8) is 0 Å². The van der Waals surface area contributed by atoms with Crippen molar-refractivity contribution in [2.24, 2.45) is 23.5 Å². The van der Waals surface area contributed by atoms with Gasteiger partial charge in [-0.05, 0) is 68.6 Å². The number of phenols is 1. The molecule has 0 saturated heterocycles. The van der Waals surface area contributed by atoms with Gasteiger partial charge in [0, 0.05) is 19.3 Å². The summed E-state index contributed by atoms with van der Waals surface area (Å²) < 4.78 is 0. The molecule has 0 radical (unpaired) electrons. The zero-order valence-corrected chi connectivity index (χ0v) is 38.9. The number of carboxylic acids is 3. The summed E-state index contributed by atoms with van der Waals surface area (Å²) in [5, 5.41) is 75.3. The summed E-state index contributed by atoms with van der Waals surface area (Å²) in [4.78, 5) is 130. The highest BCUT2D eigenvalue weighted by Gasteiger charge is 2.37. The van der Waals surface area contributed by atoms with Gasteiger partial charge in [-0.2, -0.15) is 0 Å². The molecule has 376 valence electrons. The van der Waals surface area contributed by atoms with E-state index in [1.54, 1.807) is 27.7 Å². The van der Waals surface area contributed by atoms with Gasteiger partial charge in [0.25, 0.3) is 0 Å². The molecule has 0 saturated carbocycles. The number of nitrogens with one attached hydrogen (secondary N) is 7. The lowest BCUT2D eigenvalue weighted by Crippen LogP contribution is -2.62. The highest BCUT2D eigenvalue weighted by atomic mass is 16.4. The maximum Gasteiger partial charge on any atom is 0.326 e. The number of benzene rings is 1. The Kier molecular flexibility index (Phi) is 24.4. The molecular formula is C43H68N8O16. The summed E-state index contributed by atoms with van der Waals surface area (Å²) in [6, 6.07) is -6.83. The Labute approximate surface area is 388 Å². The molecule has 0 heterocycles. The number of aliphatic carboxylic acids is 3. The van der Waals surface area contributed by atoms with Crippen LogP contribution in [0.3, 0.4) is 0 Å². The average molecular weight is 953 g/mol. The van der Waals surface area contributed by atoms with Crippen LogP contribution in [0.4, 0.5) is 0 Å². The number of aliphatic hydroxyl groups excluding tert-OH is 2. The van der Waals surface area contributed by atoms with Gasteiger partial charge in [-0.1, -0.05) is 53.7 Å². The Morgan fingerprint density at radius 1 is 0.493 bits per heavy atom. The van der Waals surface area contributed by atoms with Crippen molar-refractivity contribution in [1.82, 2.24) is 37.2 Å². The van der Waals surface area contributed by atoms with E-state index >= 15 is 0 Å². The van der Waals surface area contributed by atoms with E-state index in [1.165, 1.54) is 45.0 Å². The van der Waals surface area contributed by atoms with E-state index in [0.29, 0.717) is 5.56 Å². The third kappa shape index (κ3) is 20.8. The van der Waals surface area contributed by atoms with E-state index in [2.05, 4.69) is 37.2 Å². The van der Waals surface area contributed by atoms with E-state index in [9.17, 15) is 78.6 Å². The van der Waals surface area contributed by atoms with Crippen LogP contribution in [0.15, 0.2) is 24.3 Å². The second kappa shape index (κ2) is 27.9. The standard InChI is InChI=1S/C43H68N8O16/c1-19(2)17-29(43(66)67)48-41(64)34(21(5)6)50-38(61)28(18-24-9-11-25(54)12-10-24)47-42(65)35(23(8)53)51-37(60)27(14-16-31(57)58)46-40(63)33(20(3)4)49-36(59)26(13-15-30(55)56)45-39(62)32(44)22(7)52/h9-12,19-23,26-29,32-35,52-54H,13-18,44H2,1-8H3,(H,45,62)(H,46,63)(H,47,65)(H,48,64)(H,49,59)(H,50,61)(H,51,60)(H,55,56)(H,57,58)(H,66,67)/t22-,23-,26+,27+,28+,29+,32+,33+,34+,35+/m1/s1. The molecule has 67 heavy (non-hydrogen) atoms. The van der Waals surface area contributed by atoms with Crippen LogP contribution < -0.4 is 43.0 Å². The zero-order valence-electron chi connectivity index (χ0n) is 38.9. The SMILES string of the molecule is CC(C)C[C@H](NC(=O)[C@@H](NC(=O)[C@H](Cc1ccc(O)cc1)NC(=O)[C@@H](NC(=O)[C@H](CCC(=O)O)NC(=O)[C@@H](NC(=O)[C@H](CCC(=O)O)NC(=O)[C@@H](N)[C@@H](C)O)C(C)C)[C@@H](C)O)C(C)C)C(=O)O. The summed E-state index contributed by atoms with van der Waals surface area (Å²) >= 11 is 0. The number of aliphatic hydroxyl groups is 2. The zero-order chi connectivity index (χ0) is 51.5. The summed E-state index contributed by atoms with van der Waals surface area (Å²) in [5.41, 5.74) is 6.05. The van der Waals surface area contributed by atoms with E-state index in [0.717, 1.165) is 6.92 Å². The van der Waals surface area contributed by atoms with Crippen molar-refractivity contribution in [2.45, 2.75) is 154 Å². The van der Waals surface area contributed by atoms with Crippen molar-refractivity contribution in [3.8, 4) is 5.75 Å². The molecule has 24 heteroatoms. The lowest BCUT2D eigenvalue weighted by molar-refractivity contribution is -0.143. The van der Waals surface area contributed by atoms with Crippen LogP contribution in [0.2, 0.25) is 0 Å². The predicted octanol–water partition coefficient (Wildman–Crippen LogP) is -2.41. The van der Waals surface area contributed by atoms with Crippen molar-refractivity contribution in [3.05, 3.63) is 29.8 Å². The van der Waals surface area contributed by atoms with E-state index in [4.69, 9.17) is 5.73 Å². The number of hydrogen-bond donors (Lipinski definition) is 14. The highest BCUT2D eigenvalue weighted by molar-refractivity contribution is 5.98. The third-order valence-electron chi connectivity index (χ3n) is 10.3. The van der Waals surface area contributed by atoms with Gasteiger partial charge in [0.05, 0.1) is 12.2 Å². The molecule has 0 aliphatic heterocycles. The number of carboxylic acid groups (broad SMARTS) is 3. The number of hydrogen-bond acceptors (Lipinski definition) is 14. The summed E-state index contributed by atoms with van der Waals surface area (Å²) in [5.74, 6) is -12.8. The fourth-order valence-electron chi connectivity index (χ4n) is 6.35. The topological polar surface area (TPSA) is 402 Å². The summed E-state index contributed by atoms with van der Waals surface area (Å²) in [6.07, 6.45) is -5.61. The summed E-state index contributed by atoms with van der Waals surface area (Å²) in [7, 11) is 0. The van der Waals surface area contributed by atoms with Crippen LogP contribution in [0, 0.1) is 17.8 Å². The van der Waals surface area contributed by atoms with Gasteiger partial charge in [-0.3, -0.25) is 43.2 Å². The molecule has 0 bridgehead atoms. The summed E-state index contributed by atoms with van der Waals surface area (Å²) in [6.45, 7) is 12.0. The van der Waals surface area contributed by atoms with E-state index < -0.39 is 157 Å². The second-order valence-corrected chi connectivity index (χ2v) is 17.4. The van der Waals surface area contributed by atoms with E-state index in [1.807, 2.05) is 0 Å². The first-order chi connectivity index (χ1) is 31.0. The first-order valence-corrected chi connectivity index (χ1v) is 21.7. The molecule has 1 rings (SSSR count). The van der Waals surface area contributed by atoms with Crippen LogP contribution in [0.1, 0.15) is 93.1 Å². The Bertz CT molecular complexity index is 1890. The second-order valence-electron chi connectivity index (χ2n) is 17.4. The molecule has 0 aromatic heterocycles. The molecule has 1 aromatic carbocycles. The predicted molar refractivity (Wildman–Crippen MR) is 237 cm³/mol. The van der Waals surface area contributed by atoms with Gasteiger partial charge in [-0.15, -0.1) is 0 Å². The largest absolute Gasteiger partial charge is 0.508 e. The van der Waals surface area contributed by atoms with Gasteiger partial charge < -0.3 is 73.6 Å². The number of carbonyl (C=O) groups excluding carboxylic acids is 7. The quantitative estimate of drug-likeness (QED) is 0.0398. The van der Waals surface area contributed by atoms with Crippen molar-refractivity contribution in [1.29, 1.82) is 0 Å². The maximum absolute atomic E-state index is 14.0. The van der Waals surface area contributed by atoms with Crippen LogP contribution in [-0.4, -0.2) is 150 Å². The van der Waals surface area contributed by atoms with Crippen molar-refractivity contribution >= 4 is 59.3 Å². The molecule has 15 N–H and O–H groups in total. The van der Waals surface area contributed by atoms with Gasteiger partial charge >= 0.3 is 17.9 Å². The number of phenolic OH excluding ortho intramolecular Hbond substituents is 1. The van der Waals surface area contributed by atoms with Gasteiger partial charge in [0.2, 0.25) is 41.4 Å². The minimum atomic E-state index is -1.88. The molecule has 1 aromatic rings. The normalized spacial score (nSPS) is 15.8. The molecule has 0 unspecified atom stereocenters. The minimum absolute atomic E-state index is 0.0845. The third-order valence-corrected chi connectivity index (χ3v) is 10.3. The minimum Gasteiger partial charge on any atom is -0.508 e. The maximum atomic E-state index is 14.0. The van der Waals surface area contributed by atoms with Crippen LogP contribution in [0.5, 0.6) is 5.75 Å². The Morgan fingerprint density at radius 3 is 1.24 bits per heavy atom. The fraction of sp³-hybridized carbons (Fsp3) is 0.628. The number of nitrogens with two attached hydrogens (primary N) is 1. The molecule has 10 atom stereocenters. The smallest absolute Gasteiger partial charge is 0.326 e. The van der Waals surface area contributed by atoms with Gasteiger partial charge in [-0.25, -0.2) is 4.79 Å². The molecule has 0 aliphatic carbocycles. The van der Waals surface area contributed by atoms with E-state index in [-0.39, 0.29) is 24.5 Å². The first kappa shape index (κ1) is 58.6. The van der Waals surface area contributed by atoms with Crippen molar-refractivity contribution < 1.29 is 78.6 Å². The molecule has 0 fully saturated rings. The molecule has 7 amide bonds. The number of aromatic hydroxyl groups is 1. The number of carbonyl (C=O) groups is 10. The average Bonchev–Trinajstić information content (AvgIpc) is 3.22. The molecular weight excluding hydrogens is 885 g/mol.